The van der Waals surface area contributed by atoms with Crippen LogP contribution >= 0.6 is 46.4 Å². The number of amides is 3. The zero-order valence-electron chi connectivity index (χ0n) is 18.6. The summed E-state index contributed by atoms with van der Waals surface area (Å²) in [6.45, 7) is -0.103. The van der Waals surface area contributed by atoms with Gasteiger partial charge in [-0.2, -0.15) is 0 Å². The monoisotopic (exact) mass is 558 g/mol. The van der Waals surface area contributed by atoms with Crippen LogP contribution in [0.15, 0.2) is 66.7 Å². The first-order chi connectivity index (χ1) is 17.2. The number of hydrogen-bond acceptors (Lipinski definition) is 3. The fourth-order valence-corrected chi connectivity index (χ4v) is 7.52. The van der Waals surface area contributed by atoms with Crippen molar-refractivity contribution < 1.29 is 14.4 Å². The van der Waals surface area contributed by atoms with Crippen LogP contribution < -0.4 is 5.32 Å². The molecular weight excluding hydrogens is 542 g/mol. The number of hydrogen-bond donors (Lipinski definition) is 1. The van der Waals surface area contributed by atoms with Crippen molar-refractivity contribution in [1.29, 1.82) is 0 Å². The second-order valence-corrected chi connectivity index (χ2v) is 11.3. The van der Waals surface area contributed by atoms with Crippen molar-refractivity contribution in [1.82, 2.24) is 4.90 Å². The number of imide groups is 1. The van der Waals surface area contributed by atoms with Gasteiger partial charge in [-0.05, 0) is 40.5 Å². The van der Waals surface area contributed by atoms with Gasteiger partial charge in [-0.3, -0.25) is 19.3 Å². The highest BCUT2D eigenvalue weighted by atomic mass is 35.5. The van der Waals surface area contributed by atoms with E-state index in [-0.39, 0.29) is 18.0 Å². The van der Waals surface area contributed by atoms with E-state index in [1.54, 1.807) is 12.1 Å². The van der Waals surface area contributed by atoms with Crippen LogP contribution in [0.4, 0.5) is 5.69 Å². The smallest absolute Gasteiger partial charge is 0.235 e. The fourth-order valence-electron chi connectivity index (χ4n) is 5.96. The highest BCUT2D eigenvalue weighted by Crippen LogP contribution is 2.69. The summed E-state index contributed by atoms with van der Waals surface area (Å²) in [6.07, 6.45) is -0.111. The van der Waals surface area contributed by atoms with Crippen LogP contribution in [0.3, 0.4) is 0 Å². The molecule has 0 radical (unpaired) electrons. The number of carbonyl (C=O) groups excluding carboxylic acids is 3. The summed E-state index contributed by atoms with van der Waals surface area (Å²) in [4.78, 5) is 38.8. The molecule has 0 spiro atoms. The number of likely N-dealkylation sites (tertiary alicyclic amines) is 1. The Morgan fingerprint density at radius 3 is 1.72 bits per heavy atom. The van der Waals surface area contributed by atoms with E-state index >= 15 is 0 Å². The van der Waals surface area contributed by atoms with E-state index < -0.39 is 39.3 Å². The molecule has 3 amide bonds. The quantitative estimate of drug-likeness (QED) is 0.319. The van der Waals surface area contributed by atoms with Gasteiger partial charge in [-0.1, -0.05) is 71.7 Å². The van der Waals surface area contributed by atoms with Crippen molar-refractivity contribution in [3.8, 4) is 0 Å². The van der Waals surface area contributed by atoms with Crippen molar-refractivity contribution in [3.63, 3.8) is 0 Å². The second-order valence-electron chi connectivity index (χ2n) is 9.22. The van der Waals surface area contributed by atoms with Crippen LogP contribution in [-0.4, -0.2) is 29.2 Å². The molecule has 0 aromatic heterocycles. The van der Waals surface area contributed by atoms with E-state index in [0.29, 0.717) is 10.7 Å². The second kappa shape index (κ2) is 8.22. The van der Waals surface area contributed by atoms with Crippen molar-refractivity contribution in [2.75, 3.05) is 11.9 Å². The minimum atomic E-state index is -1.24. The summed E-state index contributed by atoms with van der Waals surface area (Å²) < 4.78 is 0. The summed E-state index contributed by atoms with van der Waals surface area (Å²) in [5, 5.41) is 3.42. The molecule has 0 unspecified atom stereocenters. The summed E-state index contributed by atoms with van der Waals surface area (Å²) in [5.41, 5.74) is 3.33. The Morgan fingerprint density at radius 1 is 0.806 bits per heavy atom. The molecule has 2 bridgehead atoms. The van der Waals surface area contributed by atoms with Gasteiger partial charge in [0.2, 0.25) is 17.7 Å². The molecule has 182 valence electrons. The summed E-state index contributed by atoms with van der Waals surface area (Å²) >= 11 is 26.8. The lowest BCUT2D eigenvalue weighted by Gasteiger charge is -2.54. The molecule has 1 heterocycles. The van der Waals surface area contributed by atoms with Gasteiger partial charge in [0, 0.05) is 18.0 Å². The molecule has 5 nitrogen and oxygen atoms in total. The molecule has 1 N–H and O–H groups in total. The number of nitrogens with one attached hydrogen (secondary N) is 1. The molecule has 3 aromatic carbocycles. The average Bonchev–Trinajstić information content (AvgIpc) is 3.13. The molecule has 1 aliphatic heterocycles. The molecule has 0 saturated carbocycles. The number of alkyl halides is 2. The number of benzene rings is 3. The van der Waals surface area contributed by atoms with Gasteiger partial charge in [-0.25, -0.2) is 0 Å². The van der Waals surface area contributed by atoms with Gasteiger partial charge < -0.3 is 5.32 Å². The minimum absolute atomic E-state index is 0.103. The Morgan fingerprint density at radius 2 is 1.28 bits per heavy atom. The molecule has 7 rings (SSSR count). The highest BCUT2D eigenvalue weighted by molar-refractivity contribution is 6.37. The average molecular weight is 560 g/mol. The van der Waals surface area contributed by atoms with Crippen molar-refractivity contribution in [2.45, 2.75) is 16.2 Å². The van der Waals surface area contributed by atoms with Crippen LogP contribution in [0.2, 0.25) is 10.0 Å². The summed E-state index contributed by atoms with van der Waals surface area (Å²) in [5.74, 6) is -3.02. The maximum absolute atomic E-state index is 13.8. The van der Waals surface area contributed by atoms with Crippen molar-refractivity contribution in [2.24, 2.45) is 11.8 Å². The Labute approximate surface area is 227 Å². The topological polar surface area (TPSA) is 66.5 Å². The highest BCUT2D eigenvalue weighted by Gasteiger charge is 2.72. The fraction of sp³-hybridized carbons (Fsp3) is 0.222. The molecule has 4 aliphatic rings. The number of carbonyl (C=O) groups is 3. The number of anilines is 1. The third-order valence-corrected chi connectivity index (χ3v) is 9.28. The maximum Gasteiger partial charge on any atom is 0.235 e. The summed E-state index contributed by atoms with van der Waals surface area (Å²) in [7, 11) is 0. The van der Waals surface area contributed by atoms with Crippen LogP contribution in [-0.2, 0) is 24.1 Å². The van der Waals surface area contributed by atoms with Crippen molar-refractivity contribution >= 4 is 69.8 Å². The molecular formula is C27H18Cl4N2O3. The lowest BCUT2D eigenvalue weighted by molar-refractivity contribution is -0.140. The van der Waals surface area contributed by atoms with Gasteiger partial charge >= 0.3 is 0 Å². The van der Waals surface area contributed by atoms with Gasteiger partial charge in [0.25, 0.3) is 0 Å². The largest absolute Gasteiger partial charge is 0.325 e. The van der Waals surface area contributed by atoms with Gasteiger partial charge in [0.05, 0.1) is 22.5 Å². The number of halogens is 4. The SMILES string of the molecule is O=C(CCN1C(=O)[C@@H]2[C@@H](C1=O)C1(Cl)c3ccccc3C2(Cl)c2ccccc21)Nc1ccc(Cl)cc1Cl. The van der Waals surface area contributed by atoms with Crippen LogP contribution in [0.1, 0.15) is 28.7 Å². The van der Waals surface area contributed by atoms with Crippen LogP contribution in [0, 0.1) is 11.8 Å². The van der Waals surface area contributed by atoms with Gasteiger partial charge in [0.15, 0.2) is 0 Å². The molecule has 3 aromatic rings. The first-order valence-electron chi connectivity index (χ1n) is 11.4. The first-order valence-corrected chi connectivity index (χ1v) is 12.9. The van der Waals surface area contributed by atoms with E-state index in [9.17, 15) is 14.4 Å². The van der Waals surface area contributed by atoms with Crippen LogP contribution in [0.25, 0.3) is 0 Å². The molecule has 1 fully saturated rings. The van der Waals surface area contributed by atoms with E-state index in [0.717, 1.165) is 27.2 Å². The van der Waals surface area contributed by atoms with Gasteiger partial charge in [-0.15, -0.1) is 23.2 Å². The van der Waals surface area contributed by atoms with E-state index in [2.05, 4.69) is 5.32 Å². The number of rotatable bonds is 4. The van der Waals surface area contributed by atoms with E-state index in [4.69, 9.17) is 46.4 Å². The third-order valence-electron chi connectivity index (χ3n) is 7.44. The molecule has 3 aliphatic carbocycles. The standard InChI is InChI=1S/C27H18Cl4N2O3/c28-14-9-10-20(19(29)13-14)32-21(34)11-12-33-24(35)22-23(25(33)36)27(31)16-6-2-1-5-15(16)26(22,30)17-7-3-4-8-18(17)27/h1-10,13,22-23H,11-12H2,(H,32,34)/t22-,23-,26?,27?/m0/s1. The molecule has 9 heteroatoms. The zero-order chi connectivity index (χ0) is 25.4. The zero-order valence-corrected chi connectivity index (χ0v) is 21.6. The Bertz CT molecular complexity index is 1350. The van der Waals surface area contributed by atoms with Crippen LogP contribution in [0.5, 0.6) is 0 Å². The Balaban J connectivity index is 1.33. The normalized spacial score (nSPS) is 27.5. The predicted octanol–water partition coefficient (Wildman–Crippen LogP) is 5.92. The third kappa shape index (κ3) is 3.07. The molecule has 36 heavy (non-hydrogen) atoms. The maximum atomic E-state index is 13.8. The van der Waals surface area contributed by atoms with Crippen molar-refractivity contribution in [3.05, 3.63) is 99.0 Å². The Hall–Kier alpha value is -2.57. The predicted molar refractivity (Wildman–Crippen MR) is 140 cm³/mol. The van der Waals surface area contributed by atoms with E-state index in [1.807, 2.05) is 48.5 Å². The Kier molecular flexibility index (Phi) is 5.44. The number of nitrogens with zero attached hydrogens (tertiary/aromatic N) is 1. The first kappa shape index (κ1) is 23.8. The lowest BCUT2D eigenvalue weighted by atomic mass is 9.54. The van der Waals surface area contributed by atoms with Gasteiger partial charge in [0.1, 0.15) is 9.75 Å². The molecule has 2 atom stereocenters. The molecule has 1 saturated heterocycles. The minimum Gasteiger partial charge on any atom is -0.325 e. The summed E-state index contributed by atoms with van der Waals surface area (Å²) in [6, 6.07) is 19.6. The lowest BCUT2D eigenvalue weighted by Crippen LogP contribution is -2.57. The van der Waals surface area contributed by atoms with E-state index in [1.165, 1.54) is 6.07 Å².